The van der Waals surface area contributed by atoms with Crippen molar-refractivity contribution in [3.05, 3.63) is 18.6 Å². The van der Waals surface area contributed by atoms with Crippen LogP contribution in [0.1, 0.15) is 0 Å². The molecule has 0 bridgehead atoms. The lowest BCUT2D eigenvalue weighted by molar-refractivity contribution is 0.557. The van der Waals surface area contributed by atoms with Crippen LogP contribution < -0.4 is 0 Å². The second-order valence-electron chi connectivity index (χ2n) is 1.65. The van der Waals surface area contributed by atoms with Crippen molar-refractivity contribution in [2.45, 2.75) is 4.90 Å². The Morgan fingerprint density at radius 3 is 2.56 bits per heavy atom. The molecule has 9 heavy (non-hydrogen) atoms. The van der Waals surface area contributed by atoms with Crippen molar-refractivity contribution < 1.29 is 12.8 Å². The molecule has 0 amide bonds. The fraction of sp³-hybridized carbons (Fsp3) is 0.200. The van der Waals surface area contributed by atoms with Gasteiger partial charge in [-0.1, -0.05) is 0 Å². The summed E-state index contributed by atoms with van der Waals surface area (Å²) in [6, 6.07) is 2.42. The Morgan fingerprint density at radius 1 is 1.67 bits per heavy atom. The molecule has 1 aromatic rings. The van der Waals surface area contributed by atoms with Crippen molar-refractivity contribution in [1.29, 1.82) is 0 Å². The van der Waals surface area contributed by atoms with Crippen molar-refractivity contribution in [2.24, 2.45) is 0 Å². The van der Waals surface area contributed by atoms with Crippen LogP contribution in [0, 0.1) is 6.07 Å². The number of sulfone groups is 1. The molecular formula is C5H5O3S. The van der Waals surface area contributed by atoms with Crippen LogP contribution in [0.25, 0.3) is 0 Å². The van der Waals surface area contributed by atoms with Crippen LogP contribution >= 0.6 is 0 Å². The fourth-order valence-corrected chi connectivity index (χ4v) is 0.909. The van der Waals surface area contributed by atoms with Gasteiger partial charge < -0.3 is 4.42 Å². The third-order valence-corrected chi connectivity index (χ3v) is 1.86. The van der Waals surface area contributed by atoms with Gasteiger partial charge >= 0.3 is 0 Å². The van der Waals surface area contributed by atoms with Gasteiger partial charge in [0.2, 0.25) is 0 Å². The normalized spacial score (nSPS) is 11.7. The molecule has 0 unspecified atom stereocenters. The second kappa shape index (κ2) is 1.88. The van der Waals surface area contributed by atoms with Gasteiger partial charge in [0.15, 0.2) is 9.84 Å². The Hall–Kier alpha value is -0.770. The summed E-state index contributed by atoms with van der Waals surface area (Å²) in [5, 5.41) is 0. The summed E-state index contributed by atoms with van der Waals surface area (Å²) in [5.41, 5.74) is 0. The molecule has 1 rings (SSSR count). The standard InChI is InChI=1S/C5H5O3S/c1-9(6,7)5-2-3-8-4-5/h3-4H,1H3. The number of hydrogen-bond donors (Lipinski definition) is 0. The van der Waals surface area contributed by atoms with Gasteiger partial charge in [0.25, 0.3) is 0 Å². The maximum absolute atomic E-state index is 10.6. The van der Waals surface area contributed by atoms with E-state index in [0.29, 0.717) is 0 Å². The molecule has 0 spiro atoms. The number of rotatable bonds is 1. The minimum absolute atomic E-state index is 0.0995. The first-order valence-electron chi connectivity index (χ1n) is 2.24. The summed E-state index contributed by atoms with van der Waals surface area (Å²) in [4.78, 5) is 0.0995. The highest BCUT2D eigenvalue weighted by Crippen LogP contribution is 2.05. The average Bonchev–Trinajstić information content (AvgIpc) is 2.08. The Kier molecular flexibility index (Phi) is 1.32. The maximum Gasteiger partial charge on any atom is 0.179 e. The molecule has 1 aromatic heterocycles. The van der Waals surface area contributed by atoms with Crippen LogP contribution in [0.15, 0.2) is 21.8 Å². The third kappa shape index (κ3) is 1.32. The monoisotopic (exact) mass is 145 g/mol. The predicted molar refractivity (Wildman–Crippen MR) is 30.7 cm³/mol. The zero-order valence-electron chi connectivity index (χ0n) is 4.79. The van der Waals surface area contributed by atoms with Crippen LogP contribution in [0.3, 0.4) is 0 Å². The van der Waals surface area contributed by atoms with Gasteiger partial charge in [-0.3, -0.25) is 0 Å². The van der Waals surface area contributed by atoms with E-state index in [2.05, 4.69) is 10.5 Å². The van der Waals surface area contributed by atoms with Crippen LogP contribution in [0.2, 0.25) is 0 Å². The van der Waals surface area contributed by atoms with E-state index in [4.69, 9.17) is 0 Å². The van der Waals surface area contributed by atoms with E-state index in [0.717, 1.165) is 12.5 Å². The molecule has 0 saturated heterocycles. The predicted octanol–water partition coefficient (Wildman–Crippen LogP) is 0.483. The lowest BCUT2D eigenvalue weighted by Gasteiger charge is -1.84. The lowest BCUT2D eigenvalue weighted by atomic mass is 10.7. The van der Waals surface area contributed by atoms with E-state index in [9.17, 15) is 8.42 Å². The Balaban J connectivity index is 3.20. The van der Waals surface area contributed by atoms with E-state index in [-0.39, 0.29) is 4.90 Å². The van der Waals surface area contributed by atoms with Gasteiger partial charge in [-0.15, -0.1) is 0 Å². The molecule has 49 valence electrons. The van der Waals surface area contributed by atoms with Gasteiger partial charge in [0.1, 0.15) is 11.2 Å². The van der Waals surface area contributed by atoms with Gasteiger partial charge in [-0.05, 0) is 0 Å². The minimum Gasteiger partial charge on any atom is -0.471 e. The second-order valence-corrected chi connectivity index (χ2v) is 3.64. The number of hydrogen-bond acceptors (Lipinski definition) is 3. The van der Waals surface area contributed by atoms with Crippen molar-refractivity contribution in [2.75, 3.05) is 6.26 Å². The minimum atomic E-state index is -3.11. The Bertz CT molecular complexity index is 269. The first-order valence-corrected chi connectivity index (χ1v) is 4.14. The van der Waals surface area contributed by atoms with Gasteiger partial charge in [-0.2, -0.15) is 0 Å². The molecule has 0 aliphatic heterocycles. The Labute approximate surface area is 53.2 Å². The molecule has 1 radical (unpaired) electrons. The largest absolute Gasteiger partial charge is 0.471 e. The van der Waals surface area contributed by atoms with Crippen molar-refractivity contribution >= 4 is 9.84 Å². The summed E-state index contributed by atoms with van der Waals surface area (Å²) in [7, 11) is -3.11. The lowest BCUT2D eigenvalue weighted by Crippen LogP contribution is -1.93. The third-order valence-electron chi connectivity index (χ3n) is 0.844. The van der Waals surface area contributed by atoms with Crippen molar-refractivity contribution in [1.82, 2.24) is 0 Å². The molecule has 0 N–H and O–H groups in total. The quantitative estimate of drug-likeness (QED) is 0.577. The van der Waals surface area contributed by atoms with Crippen LogP contribution in [-0.2, 0) is 9.84 Å². The highest BCUT2D eigenvalue weighted by atomic mass is 32.2. The molecule has 0 aliphatic carbocycles. The van der Waals surface area contributed by atoms with Gasteiger partial charge in [0.05, 0.1) is 6.26 Å². The molecule has 0 fully saturated rings. The van der Waals surface area contributed by atoms with E-state index in [1.54, 1.807) is 0 Å². The molecular weight excluding hydrogens is 140 g/mol. The summed E-state index contributed by atoms with van der Waals surface area (Å²) >= 11 is 0. The van der Waals surface area contributed by atoms with Crippen LogP contribution in [0.4, 0.5) is 0 Å². The molecule has 4 heteroatoms. The molecule has 0 saturated carbocycles. The molecule has 3 nitrogen and oxygen atoms in total. The van der Waals surface area contributed by atoms with Gasteiger partial charge in [-0.25, -0.2) is 8.42 Å². The van der Waals surface area contributed by atoms with Gasteiger partial charge in [0, 0.05) is 12.3 Å². The first-order chi connectivity index (χ1) is 4.11. The van der Waals surface area contributed by atoms with E-state index < -0.39 is 9.84 Å². The van der Waals surface area contributed by atoms with Crippen molar-refractivity contribution in [3.63, 3.8) is 0 Å². The van der Waals surface area contributed by atoms with Crippen molar-refractivity contribution in [3.8, 4) is 0 Å². The maximum atomic E-state index is 10.6. The molecule has 0 atom stereocenters. The van der Waals surface area contributed by atoms with Crippen LogP contribution in [-0.4, -0.2) is 14.7 Å². The summed E-state index contributed by atoms with van der Waals surface area (Å²) in [6.07, 6.45) is 3.46. The summed E-state index contributed by atoms with van der Waals surface area (Å²) in [5.74, 6) is 0. The summed E-state index contributed by atoms with van der Waals surface area (Å²) < 4.78 is 25.7. The highest BCUT2D eigenvalue weighted by molar-refractivity contribution is 7.90. The van der Waals surface area contributed by atoms with E-state index in [1.165, 1.54) is 6.26 Å². The fourth-order valence-electron chi connectivity index (χ4n) is 0.416. The number of furan rings is 1. The smallest absolute Gasteiger partial charge is 0.179 e. The SMILES string of the molecule is CS(=O)(=O)c1[c]coc1. The molecule has 0 aliphatic rings. The zero-order chi connectivity index (χ0) is 6.91. The van der Waals surface area contributed by atoms with E-state index >= 15 is 0 Å². The highest BCUT2D eigenvalue weighted by Gasteiger charge is 2.06. The molecule has 1 heterocycles. The zero-order valence-corrected chi connectivity index (χ0v) is 5.60. The van der Waals surface area contributed by atoms with E-state index in [1.807, 2.05) is 0 Å². The first kappa shape index (κ1) is 6.35. The average molecular weight is 145 g/mol. The Morgan fingerprint density at radius 2 is 2.33 bits per heavy atom. The topological polar surface area (TPSA) is 47.3 Å². The summed E-state index contributed by atoms with van der Waals surface area (Å²) in [6.45, 7) is 0. The molecule has 0 aromatic carbocycles. The van der Waals surface area contributed by atoms with Crippen LogP contribution in [0.5, 0.6) is 0 Å².